The van der Waals surface area contributed by atoms with Crippen LogP contribution < -0.4 is 11.1 Å². The molecular formula is C16H20N2OS. The Balaban J connectivity index is 2.16. The van der Waals surface area contributed by atoms with Crippen LogP contribution >= 0.6 is 11.8 Å². The molecule has 4 heteroatoms. The maximum absolute atomic E-state index is 12.4. The Morgan fingerprint density at radius 2 is 2.20 bits per heavy atom. The number of carbonyl (C=O) groups is 1. The van der Waals surface area contributed by atoms with Gasteiger partial charge in [-0.1, -0.05) is 23.5 Å². The van der Waals surface area contributed by atoms with Crippen LogP contribution in [0, 0.1) is 18.8 Å². The highest BCUT2D eigenvalue weighted by Gasteiger charge is 2.18. The summed E-state index contributed by atoms with van der Waals surface area (Å²) in [6, 6.07) is 6.05. The average Bonchev–Trinajstić information content (AvgIpc) is 2.47. The van der Waals surface area contributed by atoms with E-state index in [0.717, 1.165) is 35.5 Å². The van der Waals surface area contributed by atoms with Crippen molar-refractivity contribution in [3.05, 3.63) is 34.9 Å². The van der Waals surface area contributed by atoms with Gasteiger partial charge in [0.1, 0.15) is 0 Å². The second kappa shape index (κ2) is 7.37. The molecule has 0 aromatic heterocycles. The monoisotopic (exact) mass is 288 g/mol. The Labute approximate surface area is 124 Å². The molecule has 106 valence electrons. The molecule has 3 N–H and O–H groups in total. The molecule has 20 heavy (non-hydrogen) atoms. The number of aryl methyl sites for hydroxylation is 1. The molecule has 2 rings (SSSR count). The van der Waals surface area contributed by atoms with E-state index < -0.39 is 0 Å². The fourth-order valence-electron chi connectivity index (χ4n) is 2.21. The van der Waals surface area contributed by atoms with Gasteiger partial charge in [-0.3, -0.25) is 4.79 Å². The summed E-state index contributed by atoms with van der Waals surface area (Å²) in [7, 11) is 0. The largest absolute Gasteiger partial charge is 0.349 e. The van der Waals surface area contributed by atoms with Gasteiger partial charge in [0.25, 0.3) is 5.91 Å². The lowest BCUT2D eigenvalue weighted by Gasteiger charge is -2.22. The molecule has 1 amide bonds. The van der Waals surface area contributed by atoms with E-state index in [2.05, 4.69) is 17.2 Å². The van der Waals surface area contributed by atoms with E-state index in [1.807, 2.05) is 36.9 Å². The van der Waals surface area contributed by atoms with Crippen molar-refractivity contribution < 1.29 is 4.79 Å². The molecule has 1 saturated heterocycles. The molecule has 0 saturated carbocycles. The number of carbonyl (C=O) groups excluding carboxylic acids is 1. The Bertz CT molecular complexity index is 539. The number of nitrogens with one attached hydrogen (secondary N) is 1. The summed E-state index contributed by atoms with van der Waals surface area (Å²) in [6.45, 7) is 2.28. The van der Waals surface area contributed by atoms with E-state index in [1.54, 1.807) is 0 Å². The first-order chi connectivity index (χ1) is 9.70. The zero-order valence-corrected chi connectivity index (χ0v) is 12.6. The minimum Gasteiger partial charge on any atom is -0.349 e. The third-order valence-electron chi connectivity index (χ3n) is 3.30. The third kappa shape index (κ3) is 4.03. The van der Waals surface area contributed by atoms with Crippen LogP contribution in [-0.2, 0) is 0 Å². The molecule has 1 fully saturated rings. The number of nitrogens with two attached hydrogens (primary N) is 1. The molecule has 1 aliphatic heterocycles. The molecule has 1 aromatic rings. The van der Waals surface area contributed by atoms with Crippen molar-refractivity contribution >= 4 is 17.7 Å². The van der Waals surface area contributed by atoms with Crippen LogP contribution in [0.2, 0.25) is 0 Å². The second-order valence-corrected chi connectivity index (χ2v) is 6.14. The van der Waals surface area contributed by atoms with Crippen LogP contribution in [0.5, 0.6) is 0 Å². The lowest BCUT2D eigenvalue weighted by atomic mass is 10.0. The van der Waals surface area contributed by atoms with Gasteiger partial charge in [-0.2, -0.15) is 11.8 Å². The van der Waals surface area contributed by atoms with E-state index in [-0.39, 0.29) is 5.91 Å². The zero-order chi connectivity index (χ0) is 14.4. The molecule has 3 nitrogen and oxygen atoms in total. The average molecular weight is 288 g/mol. The van der Waals surface area contributed by atoms with Crippen molar-refractivity contribution in [3.63, 3.8) is 0 Å². The maximum Gasteiger partial charge on any atom is 0.252 e. The van der Waals surface area contributed by atoms with Crippen molar-refractivity contribution in [2.45, 2.75) is 25.8 Å². The molecule has 1 heterocycles. The lowest BCUT2D eigenvalue weighted by Crippen LogP contribution is -2.37. The summed E-state index contributed by atoms with van der Waals surface area (Å²) in [5, 5.41) is 3.13. The fraction of sp³-hybridized carbons (Fsp3) is 0.438. The molecule has 0 aliphatic carbocycles. The van der Waals surface area contributed by atoms with Crippen molar-refractivity contribution in [2.75, 3.05) is 18.1 Å². The summed E-state index contributed by atoms with van der Waals surface area (Å²) < 4.78 is 0. The molecular weight excluding hydrogens is 268 g/mol. The Morgan fingerprint density at radius 1 is 1.45 bits per heavy atom. The number of hydrogen-bond acceptors (Lipinski definition) is 3. The maximum atomic E-state index is 12.4. The van der Waals surface area contributed by atoms with Crippen LogP contribution in [0.3, 0.4) is 0 Å². The summed E-state index contributed by atoms with van der Waals surface area (Å²) >= 11 is 1.95. The highest BCUT2D eigenvalue weighted by molar-refractivity contribution is 7.99. The van der Waals surface area contributed by atoms with Crippen LogP contribution in [0.15, 0.2) is 18.2 Å². The first-order valence-corrected chi connectivity index (χ1v) is 8.04. The Hall–Kier alpha value is -1.44. The molecule has 1 aliphatic rings. The van der Waals surface area contributed by atoms with E-state index in [1.165, 1.54) is 0 Å². The van der Waals surface area contributed by atoms with E-state index >= 15 is 0 Å². The van der Waals surface area contributed by atoms with Crippen LogP contribution in [-0.4, -0.2) is 30.0 Å². The lowest BCUT2D eigenvalue weighted by molar-refractivity contribution is 0.0934. The van der Waals surface area contributed by atoms with Gasteiger partial charge in [-0.05, 0) is 43.4 Å². The standard InChI is InChI=1S/C16H20N2OS/c1-12-4-5-13(3-2-8-17)15(11-12)16(19)18-14-6-9-20-10-7-14/h4-5,11,14H,6-10,17H2,1H3,(H,18,19). The first-order valence-electron chi connectivity index (χ1n) is 6.89. The summed E-state index contributed by atoms with van der Waals surface area (Å²) in [4.78, 5) is 12.4. The third-order valence-corrected chi connectivity index (χ3v) is 4.35. The van der Waals surface area contributed by atoms with E-state index in [0.29, 0.717) is 18.2 Å². The van der Waals surface area contributed by atoms with Crippen LogP contribution in [0.25, 0.3) is 0 Å². The van der Waals surface area contributed by atoms with Gasteiger partial charge in [0.05, 0.1) is 12.1 Å². The molecule has 0 bridgehead atoms. The van der Waals surface area contributed by atoms with Gasteiger partial charge in [-0.25, -0.2) is 0 Å². The van der Waals surface area contributed by atoms with E-state index in [9.17, 15) is 4.79 Å². The SMILES string of the molecule is Cc1ccc(C#CCN)c(C(=O)NC2CCSCC2)c1. The number of rotatable bonds is 2. The van der Waals surface area contributed by atoms with Gasteiger partial charge in [0.2, 0.25) is 0 Å². The minimum absolute atomic E-state index is 0.0214. The highest BCUT2D eigenvalue weighted by Crippen LogP contribution is 2.18. The van der Waals surface area contributed by atoms with Gasteiger partial charge in [0.15, 0.2) is 0 Å². The summed E-state index contributed by atoms with van der Waals surface area (Å²) in [5.41, 5.74) is 7.88. The smallest absolute Gasteiger partial charge is 0.252 e. The van der Waals surface area contributed by atoms with Gasteiger partial charge in [-0.15, -0.1) is 0 Å². The molecule has 0 radical (unpaired) electrons. The Kier molecular flexibility index (Phi) is 5.51. The van der Waals surface area contributed by atoms with Gasteiger partial charge in [0, 0.05) is 11.6 Å². The van der Waals surface area contributed by atoms with Crippen LogP contribution in [0.4, 0.5) is 0 Å². The topological polar surface area (TPSA) is 55.1 Å². The zero-order valence-electron chi connectivity index (χ0n) is 11.7. The highest BCUT2D eigenvalue weighted by atomic mass is 32.2. The molecule has 0 spiro atoms. The van der Waals surface area contributed by atoms with Crippen LogP contribution in [0.1, 0.15) is 34.3 Å². The van der Waals surface area contributed by atoms with Crippen molar-refractivity contribution in [1.82, 2.24) is 5.32 Å². The summed E-state index contributed by atoms with van der Waals surface area (Å²) in [5.74, 6) is 8.02. The second-order valence-electron chi connectivity index (χ2n) is 4.92. The number of hydrogen-bond donors (Lipinski definition) is 2. The minimum atomic E-state index is -0.0214. The van der Waals surface area contributed by atoms with Crippen molar-refractivity contribution in [3.8, 4) is 11.8 Å². The predicted molar refractivity (Wildman–Crippen MR) is 84.9 cm³/mol. The number of thioether (sulfide) groups is 1. The van der Waals surface area contributed by atoms with Crippen molar-refractivity contribution in [1.29, 1.82) is 0 Å². The normalized spacial score (nSPS) is 15.3. The number of benzene rings is 1. The van der Waals surface area contributed by atoms with Crippen molar-refractivity contribution in [2.24, 2.45) is 5.73 Å². The molecule has 0 unspecified atom stereocenters. The fourth-order valence-corrected chi connectivity index (χ4v) is 3.31. The Morgan fingerprint density at radius 3 is 2.90 bits per heavy atom. The summed E-state index contributed by atoms with van der Waals surface area (Å²) in [6.07, 6.45) is 2.10. The van der Waals surface area contributed by atoms with Gasteiger partial charge < -0.3 is 11.1 Å². The molecule has 1 aromatic carbocycles. The number of amides is 1. The van der Waals surface area contributed by atoms with E-state index in [4.69, 9.17) is 5.73 Å². The quantitative estimate of drug-likeness (QED) is 0.818. The van der Waals surface area contributed by atoms with Gasteiger partial charge >= 0.3 is 0 Å². The molecule has 0 atom stereocenters. The first kappa shape index (κ1) is 15.0. The predicted octanol–water partition coefficient (Wildman–Crippen LogP) is 1.93.